The van der Waals surface area contributed by atoms with Gasteiger partial charge in [-0.1, -0.05) is 255 Å². The van der Waals surface area contributed by atoms with Gasteiger partial charge in [-0.15, -0.1) is 0 Å². The molecule has 0 aliphatic rings. The summed E-state index contributed by atoms with van der Waals surface area (Å²) < 4.78 is 0. The summed E-state index contributed by atoms with van der Waals surface area (Å²) in [6, 6.07) is 114. The summed E-state index contributed by atoms with van der Waals surface area (Å²) in [5, 5.41) is 4.81. The van der Waals surface area contributed by atoms with Crippen molar-refractivity contribution in [3.8, 4) is 44.5 Å². The van der Waals surface area contributed by atoms with Crippen LogP contribution in [0.4, 0.5) is 34.1 Å². The summed E-state index contributed by atoms with van der Waals surface area (Å²) in [6.07, 6.45) is 8.96. The van der Waals surface area contributed by atoms with E-state index in [4.69, 9.17) is 0 Å². The average Bonchev–Trinajstić information content (AvgIpc) is 3.65. The van der Waals surface area contributed by atoms with Crippen LogP contribution in [-0.2, 0) is 0 Å². The second kappa shape index (κ2) is 22.6. The maximum Gasteiger partial charge on any atom is 0.0462 e. The minimum absolute atomic E-state index is 1.10. The SMILES string of the molecule is C(=C\c1ccc2c(-c3ccc(-c4ccccc4)cc3)c(-c3ccc(-c4ccccc4)cc3)c3ccc(/C=C/c4ccc(N(c5ccccc5)c5ccccc5)cc4)cc3c2c1)/c1ccc(N(c2ccccc2)c2ccccc2)cc1. The Morgan fingerprint density at radius 2 is 0.412 bits per heavy atom. The molecule has 0 aromatic heterocycles. The monoisotopic (exact) mass is 1020 g/mol. The van der Waals surface area contributed by atoms with Gasteiger partial charge in [0, 0.05) is 34.1 Å². The van der Waals surface area contributed by atoms with E-state index in [0.717, 1.165) is 56.4 Å². The van der Waals surface area contributed by atoms with Crippen LogP contribution in [-0.4, -0.2) is 0 Å². The second-order valence-electron chi connectivity index (χ2n) is 20.1. The van der Waals surface area contributed by atoms with Gasteiger partial charge in [0.05, 0.1) is 0 Å². The molecule has 13 rings (SSSR count). The van der Waals surface area contributed by atoms with E-state index in [1.54, 1.807) is 0 Å². The highest BCUT2D eigenvalue weighted by atomic mass is 15.1. The third-order valence-corrected chi connectivity index (χ3v) is 15.0. The number of para-hydroxylation sites is 4. The van der Waals surface area contributed by atoms with Crippen LogP contribution in [0.25, 0.3) is 90.4 Å². The zero-order valence-electron chi connectivity index (χ0n) is 44.2. The van der Waals surface area contributed by atoms with Crippen molar-refractivity contribution in [3.63, 3.8) is 0 Å². The quantitative estimate of drug-likeness (QED) is 0.0791. The van der Waals surface area contributed by atoms with Gasteiger partial charge in [0.25, 0.3) is 0 Å². The molecule has 0 amide bonds. The summed E-state index contributed by atoms with van der Waals surface area (Å²) in [5.41, 5.74) is 20.8. The predicted octanol–water partition coefficient (Wildman–Crippen LogP) is 21.9. The molecule has 0 radical (unpaired) electrons. The molecule has 0 saturated carbocycles. The molecule has 0 bridgehead atoms. The van der Waals surface area contributed by atoms with Crippen molar-refractivity contribution in [1.29, 1.82) is 0 Å². The smallest absolute Gasteiger partial charge is 0.0462 e. The fourth-order valence-corrected chi connectivity index (χ4v) is 11.1. The average molecular weight is 1020 g/mol. The molecule has 0 fully saturated rings. The van der Waals surface area contributed by atoms with Gasteiger partial charge in [0.15, 0.2) is 0 Å². The highest BCUT2D eigenvalue weighted by Crippen LogP contribution is 2.46. The van der Waals surface area contributed by atoms with Crippen LogP contribution in [0, 0.1) is 0 Å². The minimum Gasteiger partial charge on any atom is -0.311 e. The van der Waals surface area contributed by atoms with Gasteiger partial charge in [-0.3, -0.25) is 0 Å². The minimum atomic E-state index is 1.10. The highest BCUT2D eigenvalue weighted by Gasteiger charge is 2.20. The van der Waals surface area contributed by atoms with Gasteiger partial charge >= 0.3 is 0 Å². The van der Waals surface area contributed by atoms with Gasteiger partial charge in [-0.25, -0.2) is 0 Å². The van der Waals surface area contributed by atoms with Gasteiger partial charge in [-0.2, -0.15) is 0 Å². The number of benzene rings is 13. The molecule has 0 aliphatic carbocycles. The fourth-order valence-electron chi connectivity index (χ4n) is 11.1. The van der Waals surface area contributed by atoms with Crippen LogP contribution in [0.1, 0.15) is 22.3 Å². The van der Waals surface area contributed by atoms with E-state index in [0.29, 0.717) is 0 Å². The molecule has 0 spiro atoms. The zero-order chi connectivity index (χ0) is 53.5. The Hall–Kier alpha value is -10.5. The van der Waals surface area contributed by atoms with Crippen molar-refractivity contribution in [2.24, 2.45) is 0 Å². The highest BCUT2D eigenvalue weighted by molar-refractivity contribution is 6.22. The Balaban J connectivity index is 0.923. The van der Waals surface area contributed by atoms with Crippen LogP contribution in [0.2, 0.25) is 0 Å². The summed E-state index contributed by atoms with van der Waals surface area (Å²) >= 11 is 0. The Kier molecular flexibility index (Phi) is 13.8. The third kappa shape index (κ3) is 10.4. The van der Waals surface area contributed by atoms with Crippen LogP contribution < -0.4 is 9.80 Å². The van der Waals surface area contributed by atoms with Crippen molar-refractivity contribution >= 4 is 80.0 Å². The zero-order valence-corrected chi connectivity index (χ0v) is 44.2. The van der Waals surface area contributed by atoms with E-state index in [2.05, 4.69) is 350 Å². The summed E-state index contributed by atoms with van der Waals surface area (Å²) in [7, 11) is 0. The number of hydrogen-bond donors (Lipinski definition) is 0. The molecule has 2 nitrogen and oxygen atoms in total. The van der Waals surface area contributed by atoms with Crippen molar-refractivity contribution in [2.75, 3.05) is 9.80 Å². The molecule has 0 aliphatic heterocycles. The van der Waals surface area contributed by atoms with Crippen LogP contribution in [0.3, 0.4) is 0 Å². The predicted molar refractivity (Wildman–Crippen MR) is 343 cm³/mol. The normalized spacial score (nSPS) is 11.4. The van der Waals surface area contributed by atoms with E-state index in [1.807, 2.05) is 0 Å². The first-order chi connectivity index (χ1) is 39.7. The molecule has 13 aromatic rings. The number of fused-ring (bicyclic) bond motifs is 3. The Bertz CT molecular complexity index is 3890. The van der Waals surface area contributed by atoms with Crippen LogP contribution in [0.5, 0.6) is 0 Å². The number of anilines is 6. The molecule has 0 atom stereocenters. The lowest BCUT2D eigenvalue weighted by Crippen LogP contribution is -2.09. The third-order valence-electron chi connectivity index (χ3n) is 15.0. The molecular weight excluding hydrogens is 965 g/mol. The van der Waals surface area contributed by atoms with E-state index < -0.39 is 0 Å². The van der Waals surface area contributed by atoms with E-state index in [1.165, 1.54) is 66.1 Å². The number of hydrogen-bond acceptors (Lipinski definition) is 2. The lowest BCUT2D eigenvalue weighted by atomic mass is 9.83. The molecule has 0 saturated heterocycles. The van der Waals surface area contributed by atoms with Crippen molar-refractivity contribution in [3.05, 3.63) is 338 Å². The van der Waals surface area contributed by atoms with E-state index in [-0.39, 0.29) is 0 Å². The van der Waals surface area contributed by atoms with E-state index in [9.17, 15) is 0 Å². The second-order valence-corrected chi connectivity index (χ2v) is 20.1. The van der Waals surface area contributed by atoms with Crippen LogP contribution in [0.15, 0.2) is 315 Å². The Morgan fingerprint density at radius 1 is 0.175 bits per heavy atom. The Labute approximate surface area is 469 Å². The molecule has 13 aromatic carbocycles. The van der Waals surface area contributed by atoms with E-state index >= 15 is 0 Å². The molecule has 0 N–H and O–H groups in total. The number of nitrogens with zero attached hydrogens (tertiary/aromatic N) is 2. The topological polar surface area (TPSA) is 6.48 Å². The molecule has 0 heterocycles. The molecule has 2 heteroatoms. The standard InChI is InChI=1S/C78H56N2/c1-7-19-61(20-8-1)63-41-45-65(46-42-63)77-73-53-39-59(33-31-57-35-49-71(50-36-57)79(67-23-11-3-12-24-67)68-25-13-4-14-26-68)55-75(73)76-56-60(40-54-74(76)78(77)66-47-43-64(44-48-66)62-21-9-2-10-22-62)34-32-58-37-51-72(52-38-58)80(69-27-15-5-16-28-69)70-29-17-6-18-30-70/h1-56H/b33-31+,34-32+. The molecule has 378 valence electrons. The van der Waals surface area contributed by atoms with Crippen molar-refractivity contribution < 1.29 is 0 Å². The van der Waals surface area contributed by atoms with Crippen molar-refractivity contribution in [1.82, 2.24) is 0 Å². The number of rotatable bonds is 14. The molecular formula is C78H56N2. The van der Waals surface area contributed by atoms with Gasteiger partial charge in [0.2, 0.25) is 0 Å². The first-order valence-electron chi connectivity index (χ1n) is 27.4. The maximum atomic E-state index is 2.39. The lowest BCUT2D eigenvalue weighted by molar-refractivity contribution is 1.28. The maximum absolute atomic E-state index is 2.39. The molecule has 0 unspecified atom stereocenters. The van der Waals surface area contributed by atoms with Crippen LogP contribution >= 0.6 is 0 Å². The first kappa shape index (κ1) is 49.1. The van der Waals surface area contributed by atoms with Gasteiger partial charge < -0.3 is 9.80 Å². The fraction of sp³-hybridized carbons (Fsp3) is 0. The lowest BCUT2D eigenvalue weighted by Gasteiger charge is -2.25. The summed E-state index contributed by atoms with van der Waals surface area (Å²) in [5.74, 6) is 0. The largest absolute Gasteiger partial charge is 0.311 e. The van der Waals surface area contributed by atoms with Gasteiger partial charge in [-0.05, 0) is 173 Å². The van der Waals surface area contributed by atoms with Gasteiger partial charge in [0.1, 0.15) is 0 Å². The van der Waals surface area contributed by atoms with Crippen molar-refractivity contribution in [2.45, 2.75) is 0 Å². The summed E-state index contributed by atoms with van der Waals surface area (Å²) in [6.45, 7) is 0. The summed E-state index contributed by atoms with van der Waals surface area (Å²) in [4.78, 5) is 4.60. The Morgan fingerprint density at radius 3 is 0.725 bits per heavy atom. The molecule has 80 heavy (non-hydrogen) atoms. The first-order valence-corrected chi connectivity index (χ1v) is 27.4.